The smallest absolute Gasteiger partial charge is 0.0345 e. The van der Waals surface area contributed by atoms with E-state index < -0.39 is 0 Å². The lowest BCUT2D eigenvalue weighted by Crippen LogP contribution is -2.33. The predicted molar refractivity (Wildman–Crippen MR) is 71.8 cm³/mol. The van der Waals surface area contributed by atoms with Gasteiger partial charge in [0.15, 0.2) is 0 Å². The summed E-state index contributed by atoms with van der Waals surface area (Å²) in [5, 5.41) is 6.65. The van der Waals surface area contributed by atoms with Crippen molar-refractivity contribution >= 4 is 11.4 Å². The molecule has 0 fully saturated rings. The van der Waals surface area contributed by atoms with Crippen LogP contribution in [0.2, 0.25) is 0 Å². The van der Waals surface area contributed by atoms with E-state index in [1.54, 1.807) is 0 Å². The van der Waals surface area contributed by atoms with Crippen molar-refractivity contribution in [2.24, 2.45) is 5.41 Å². The molecule has 0 aliphatic carbocycles. The first kappa shape index (κ1) is 12.8. The summed E-state index contributed by atoms with van der Waals surface area (Å²) in [5.41, 5.74) is 9.12. The Bertz CT molecular complexity index is 345. The van der Waals surface area contributed by atoms with Crippen LogP contribution in [0.4, 0.5) is 11.4 Å². The van der Waals surface area contributed by atoms with Crippen molar-refractivity contribution in [3.05, 3.63) is 23.8 Å². The zero-order valence-electron chi connectivity index (χ0n) is 10.7. The molecule has 0 atom stereocenters. The number of nitrogen functional groups attached to an aromatic ring is 1. The third kappa shape index (κ3) is 3.74. The van der Waals surface area contributed by atoms with Gasteiger partial charge >= 0.3 is 0 Å². The molecule has 3 nitrogen and oxygen atoms in total. The molecule has 0 radical (unpaired) electrons. The summed E-state index contributed by atoms with van der Waals surface area (Å²) in [6, 6.07) is 6.06. The number of hydrogen-bond acceptors (Lipinski definition) is 3. The number of rotatable bonds is 5. The van der Waals surface area contributed by atoms with Crippen molar-refractivity contribution < 1.29 is 0 Å². The molecule has 1 rings (SSSR count). The van der Waals surface area contributed by atoms with Gasteiger partial charge in [0.25, 0.3) is 0 Å². The van der Waals surface area contributed by atoms with Crippen molar-refractivity contribution in [2.75, 3.05) is 31.2 Å². The number of benzene rings is 1. The fourth-order valence-corrected chi connectivity index (χ4v) is 1.67. The first-order valence-electron chi connectivity index (χ1n) is 5.69. The van der Waals surface area contributed by atoms with Crippen molar-refractivity contribution in [1.29, 1.82) is 0 Å². The minimum absolute atomic E-state index is 0.240. The highest BCUT2D eigenvalue weighted by atomic mass is 14.9. The van der Waals surface area contributed by atoms with E-state index in [0.717, 1.165) is 30.0 Å². The molecule has 0 aliphatic heterocycles. The number of hydrogen-bond donors (Lipinski definition) is 3. The maximum atomic E-state index is 5.78. The quantitative estimate of drug-likeness (QED) is 0.668. The maximum absolute atomic E-state index is 5.78. The third-order valence-electron chi connectivity index (χ3n) is 2.70. The van der Waals surface area contributed by atoms with Gasteiger partial charge in [0, 0.05) is 24.5 Å². The molecule has 0 heterocycles. The van der Waals surface area contributed by atoms with Gasteiger partial charge in [0.05, 0.1) is 0 Å². The van der Waals surface area contributed by atoms with Crippen LogP contribution in [0.15, 0.2) is 18.2 Å². The van der Waals surface area contributed by atoms with E-state index in [-0.39, 0.29) is 5.41 Å². The van der Waals surface area contributed by atoms with Gasteiger partial charge in [0.1, 0.15) is 0 Å². The summed E-state index contributed by atoms with van der Waals surface area (Å²) in [6.07, 6.45) is 0. The number of nitrogens with one attached hydrogen (secondary N) is 2. The Kier molecular flexibility index (Phi) is 4.19. The van der Waals surface area contributed by atoms with Crippen LogP contribution >= 0.6 is 0 Å². The van der Waals surface area contributed by atoms with Crippen LogP contribution in [0.3, 0.4) is 0 Å². The molecule has 90 valence electrons. The lowest BCUT2D eigenvalue weighted by Gasteiger charge is -2.25. The van der Waals surface area contributed by atoms with Crippen LogP contribution in [-0.2, 0) is 0 Å². The average Bonchev–Trinajstić information content (AvgIpc) is 2.20. The largest absolute Gasteiger partial charge is 0.399 e. The molecule has 0 amide bonds. The number of nitrogens with two attached hydrogens (primary N) is 1. The summed E-state index contributed by atoms with van der Waals surface area (Å²) in [5.74, 6) is 0. The zero-order valence-corrected chi connectivity index (χ0v) is 10.7. The summed E-state index contributed by atoms with van der Waals surface area (Å²) in [4.78, 5) is 0. The van der Waals surface area contributed by atoms with E-state index in [1.165, 1.54) is 0 Å². The fraction of sp³-hybridized carbons (Fsp3) is 0.538. The van der Waals surface area contributed by atoms with E-state index in [0.29, 0.717) is 0 Å². The Morgan fingerprint density at radius 2 is 1.94 bits per heavy atom. The minimum Gasteiger partial charge on any atom is -0.399 e. The van der Waals surface area contributed by atoms with Crippen molar-refractivity contribution in [2.45, 2.75) is 20.8 Å². The van der Waals surface area contributed by atoms with Gasteiger partial charge in [-0.15, -0.1) is 0 Å². The summed E-state index contributed by atoms with van der Waals surface area (Å²) in [7, 11) is 1.98. The molecule has 0 spiro atoms. The van der Waals surface area contributed by atoms with Crippen LogP contribution in [0.25, 0.3) is 0 Å². The lowest BCUT2D eigenvalue weighted by atomic mass is 9.93. The van der Waals surface area contributed by atoms with Gasteiger partial charge in [-0.05, 0) is 43.1 Å². The van der Waals surface area contributed by atoms with Crippen LogP contribution in [0.5, 0.6) is 0 Å². The first-order valence-corrected chi connectivity index (χ1v) is 5.69. The highest BCUT2D eigenvalue weighted by Crippen LogP contribution is 2.19. The van der Waals surface area contributed by atoms with Gasteiger partial charge < -0.3 is 16.4 Å². The van der Waals surface area contributed by atoms with E-state index in [1.807, 2.05) is 26.1 Å². The van der Waals surface area contributed by atoms with Crippen LogP contribution < -0.4 is 16.4 Å². The maximum Gasteiger partial charge on any atom is 0.0345 e. The van der Waals surface area contributed by atoms with E-state index in [2.05, 4.69) is 30.5 Å². The normalized spacial score (nSPS) is 11.5. The molecule has 0 saturated heterocycles. The van der Waals surface area contributed by atoms with Crippen molar-refractivity contribution in [3.8, 4) is 0 Å². The van der Waals surface area contributed by atoms with Gasteiger partial charge in [-0.3, -0.25) is 0 Å². The second-order valence-electron chi connectivity index (χ2n) is 5.12. The first-order chi connectivity index (χ1) is 7.44. The Hall–Kier alpha value is -1.22. The zero-order chi connectivity index (χ0) is 12.2. The summed E-state index contributed by atoms with van der Waals surface area (Å²) >= 11 is 0. The van der Waals surface area contributed by atoms with E-state index >= 15 is 0 Å². The monoisotopic (exact) mass is 221 g/mol. The molecule has 1 aromatic rings. The average molecular weight is 221 g/mol. The van der Waals surface area contributed by atoms with E-state index in [9.17, 15) is 0 Å². The number of anilines is 2. The summed E-state index contributed by atoms with van der Waals surface area (Å²) < 4.78 is 0. The fourth-order valence-electron chi connectivity index (χ4n) is 1.67. The van der Waals surface area contributed by atoms with Crippen LogP contribution in [-0.4, -0.2) is 20.1 Å². The topological polar surface area (TPSA) is 50.1 Å². The highest BCUT2D eigenvalue weighted by molar-refractivity contribution is 5.56. The van der Waals surface area contributed by atoms with Crippen LogP contribution in [0, 0.1) is 12.3 Å². The molecule has 4 N–H and O–H groups in total. The Labute approximate surface area is 98.4 Å². The van der Waals surface area contributed by atoms with Gasteiger partial charge in [-0.1, -0.05) is 13.8 Å². The molecule has 0 unspecified atom stereocenters. The molecule has 1 aromatic carbocycles. The van der Waals surface area contributed by atoms with Gasteiger partial charge in [-0.25, -0.2) is 0 Å². The molecule has 16 heavy (non-hydrogen) atoms. The van der Waals surface area contributed by atoms with Crippen molar-refractivity contribution in [1.82, 2.24) is 5.32 Å². The molecule has 0 saturated carbocycles. The third-order valence-corrected chi connectivity index (χ3v) is 2.70. The molecule has 0 aromatic heterocycles. The molecular formula is C13H23N3. The second-order valence-corrected chi connectivity index (χ2v) is 5.12. The Balaban J connectivity index is 2.57. The molecule has 0 bridgehead atoms. The van der Waals surface area contributed by atoms with Crippen molar-refractivity contribution in [3.63, 3.8) is 0 Å². The standard InChI is InChI=1S/C13H23N3/c1-10-7-11(5-6-12(10)14)16-9-13(2,3)8-15-4/h5-7,15-16H,8-9,14H2,1-4H3. The van der Waals surface area contributed by atoms with Gasteiger partial charge in [0.2, 0.25) is 0 Å². The van der Waals surface area contributed by atoms with Crippen LogP contribution in [0.1, 0.15) is 19.4 Å². The second kappa shape index (κ2) is 5.21. The van der Waals surface area contributed by atoms with E-state index in [4.69, 9.17) is 5.73 Å². The molecule has 0 aliphatic rings. The lowest BCUT2D eigenvalue weighted by molar-refractivity contribution is 0.376. The Morgan fingerprint density at radius 1 is 1.25 bits per heavy atom. The summed E-state index contributed by atoms with van der Waals surface area (Å²) in [6.45, 7) is 8.44. The SMILES string of the molecule is CNCC(C)(C)CNc1ccc(N)c(C)c1. The minimum atomic E-state index is 0.240. The number of aryl methyl sites for hydroxylation is 1. The Morgan fingerprint density at radius 3 is 2.50 bits per heavy atom. The highest BCUT2D eigenvalue weighted by Gasteiger charge is 2.16. The molecular weight excluding hydrogens is 198 g/mol. The predicted octanol–water partition coefficient (Wildman–Crippen LogP) is 2.23. The van der Waals surface area contributed by atoms with Gasteiger partial charge in [-0.2, -0.15) is 0 Å². The molecule has 3 heteroatoms.